The van der Waals surface area contributed by atoms with E-state index in [-0.39, 0.29) is 10.6 Å². The number of benzene rings is 3. The van der Waals surface area contributed by atoms with Crippen molar-refractivity contribution in [1.29, 1.82) is 0 Å². The number of sulfonamides is 1. The lowest BCUT2D eigenvalue weighted by atomic mass is 10.2. The molecule has 9 heteroatoms. The van der Waals surface area contributed by atoms with E-state index < -0.39 is 28.3 Å². The Morgan fingerprint density at radius 2 is 1.67 bits per heavy atom. The summed E-state index contributed by atoms with van der Waals surface area (Å²) in [6.07, 6.45) is 0. The van der Waals surface area contributed by atoms with Crippen molar-refractivity contribution in [3.8, 4) is 11.5 Å². The van der Waals surface area contributed by atoms with E-state index in [1.807, 2.05) is 30.3 Å². The molecule has 1 heterocycles. The maximum Gasteiger partial charge on any atom is 0.264 e. The van der Waals surface area contributed by atoms with Crippen LogP contribution < -0.4 is 13.8 Å². The summed E-state index contributed by atoms with van der Waals surface area (Å²) in [5, 5.41) is 0. The fraction of sp³-hybridized carbons (Fsp3) is 0.208. The third-order valence-electron chi connectivity index (χ3n) is 5.17. The van der Waals surface area contributed by atoms with Crippen LogP contribution in [-0.2, 0) is 21.4 Å². The summed E-state index contributed by atoms with van der Waals surface area (Å²) in [6.45, 7) is 0.480. The summed E-state index contributed by atoms with van der Waals surface area (Å²) in [7, 11) is -2.63. The van der Waals surface area contributed by atoms with Gasteiger partial charge in [0, 0.05) is 19.7 Å². The van der Waals surface area contributed by atoms with E-state index in [2.05, 4.69) is 0 Å². The highest BCUT2D eigenvalue weighted by Crippen LogP contribution is 2.34. The van der Waals surface area contributed by atoms with Gasteiger partial charge in [0.25, 0.3) is 10.0 Å². The normalized spacial score (nSPS) is 12.8. The first-order valence-electron chi connectivity index (χ1n) is 10.3. The van der Waals surface area contributed by atoms with Gasteiger partial charge in [-0.2, -0.15) is 0 Å². The van der Waals surface area contributed by atoms with Crippen molar-refractivity contribution in [2.75, 3.05) is 31.1 Å². The topological polar surface area (TPSA) is 76.2 Å². The smallest absolute Gasteiger partial charge is 0.264 e. The average Bonchev–Trinajstić information content (AvgIpc) is 2.82. The van der Waals surface area contributed by atoms with Crippen LogP contribution in [0.4, 0.5) is 10.1 Å². The van der Waals surface area contributed by atoms with Gasteiger partial charge in [-0.3, -0.25) is 9.10 Å². The molecule has 4 rings (SSSR count). The van der Waals surface area contributed by atoms with Gasteiger partial charge in [0.05, 0.1) is 10.6 Å². The summed E-state index contributed by atoms with van der Waals surface area (Å²) in [4.78, 5) is 14.4. The lowest BCUT2D eigenvalue weighted by molar-refractivity contribution is -0.128. The van der Waals surface area contributed by atoms with Gasteiger partial charge < -0.3 is 14.4 Å². The Bertz CT molecular complexity index is 1250. The molecule has 1 amide bonds. The number of ether oxygens (including phenoxy) is 2. The summed E-state index contributed by atoms with van der Waals surface area (Å²) in [6, 6.07) is 18.7. The van der Waals surface area contributed by atoms with Crippen molar-refractivity contribution in [2.45, 2.75) is 11.4 Å². The van der Waals surface area contributed by atoms with Gasteiger partial charge in [-0.25, -0.2) is 12.8 Å². The Morgan fingerprint density at radius 1 is 0.939 bits per heavy atom. The highest BCUT2D eigenvalue weighted by atomic mass is 32.2. The van der Waals surface area contributed by atoms with E-state index in [0.717, 1.165) is 15.9 Å². The number of fused-ring (bicyclic) bond motifs is 1. The quantitative estimate of drug-likeness (QED) is 0.529. The van der Waals surface area contributed by atoms with E-state index in [1.165, 1.54) is 41.3 Å². The summed E-state index contributed by atoms with van der Waals surface area (Å²) in [5.74, 6) is -0.311. The largest absolute Gasteiger partial charge is 0.486 e. The molecule has 0 saturated carbocycles. The number of likely N-dealkylation sites (N-methyl/N-ethyl adjacent to an activating group) is 1. The highest BCUT2D eigenvalue weighted by Gasteiger charge is 2.30. The van der Waals surface area contributed by atoms with Gasteiger partial charge >= 0.3 is 0 Å². The molecular formula is C24H23FN2O5S. The van der Waals surface area contributed by atoms with Crippen molar-refractivity contribution in [1.82, 2.24) is 4.90 Å². The molecule has 7 nitrogen and oxygen atoms in total. The van der Waals surface area contributed by atoms with Crippen LogP contribution in [0.25, 0.3) is 0 Å². The molecule has 1 aliphatic rings. The van der Waals surface area contributed by atoms with Gasteiger partial charge in [-0.15, -0.1) is 0 Å². The molecule has 3 aromatic rings. The number of hydrogen-bond donors (Lipinski definition) is 0. The van der Waals surface area contributed by atoms with Gasteiger partial charge in [0.1, 0.15) is 25.6 Å². The molecular weight excluding hydrogens is 447 g/mol. The molecule has 0 unspecified atom stereocenters. The lowest BCUT2D eigenvalue weighted by Crippen LogP contribution is -2.41. The number of amides is 1. The first-order valence-corrected chi connectivity index (χ1v) is 11.7. The van der Waals surface area contributed by atoms with E-state index >= 15 is 0 Å². The summed E-state index contributed by atoms with van der Waals surface area (Å²) in [5.41, 5.74) is 0.951. The molecule has 0 N–H and O–H groups in total. The second kappa shape index (κ2) is 9.50. The average molecular weight is 471 g/mol. The van der Waals surface area contributed by atoms with Crippen molar-refractivity contribution >= 4 is 21.6 Å². The van der Waals surface area contributed by atoms with E-state index in [9.17, 15) is 17.6 Å². The van der Waals surface area contributed by atoms with Crippen LogP contribution in [0.5, 0.6) is 11.5 Å². The monoisotopic (exact) mass is 470 g/mol. The van der Waals surface area contributed by atoms with Crippen LogP contribution in [0, 0.1) is 5.82 Å². The molecule has 0 fully saturated rings. The highest BCUT2D eigenvalue weighted by molar-refractivity contribution is 7.92. The standard InChI is InChI=1S/C24H23FN2O5S/c1-26(16-18-6-3-2-4-7-18)24(28)17-27(20-9-5-8-19(25)14-20)33(29,30)21-10-11-22-23(15-21)32-13-12-31-22/h2-11,14-15H,12-13,16-17H2,1H3. The molecule has 0 spiro atoms. The predicted octanol–water partition coefficient (Wildman–Crippen LogP) is 3.45. The maximum absolute atomic E-state index is 14.0. The first kappa shape index (κ1) is 22.6. The van der Waals surface area contributed by atoms with Crippen LogP contribution in [0.1, 0.15) is 5.56 Å². The van der Waals surface area contributed by atoms with Gasteiger partial charge in [-0.05, 0) is 35.9 Å². The minimum atomic E-state index is -4.22. The minimum absolute atomic E-state index is 0.0475. The molecule has 0 aliphatic carbocycles. The minimum Gasteiger partial charge on any atom is -0.486 e. The molecule has 33 heavy (non-hydrogen) atoms. The zero-order valence-electron chi connectivity index (χ0n) is 18.0. The predicted molar refractivity (Wildman–Crippen MR) is 121 cm³/mol. The van der Waals surface area contributed by atoms with Crippen molar-refractivity contribution in [2.24, 2.45) is 0 Å². The fourth-order valence-corrected chi connectivity index (χ4v) is 4.87. The van der Waals surface area contributed by atoms with Crippen LogP contribution in [-0.4, -0.2) is 46.0 Å². The summed E-state index contributed by atoms with van der Waals surface area (Å²) >= 11 is 0. The Labute approximate surface area is 192 Å². The number of anilines is 1. The number of rotatable bonds is 7. The Morgan fingerprint density at radius 3 is 2.39 bits per heavy atom. The molecule has 3 aromatic carbocycles. The zero-order chi connectivity index (χ0) is 23.4. The van der Waals surface area contributed by atoms with Crippen molar-refractivity contribution < 1.29 is 27.1 Å². The molecule has 0 atom stereocenters. The van der Waals surface area contributed by atoms with E-state index in [4.69, 9.17) is 9.47 Å². The Hall–Kier alpha value is -3.59. The molecule has 172 valence electrons. The first-order chi connectivity index (χ1) is 15.8. The van der Waals surface area contributed by atoms with Crippen LogP contribution >= 0.6 is 0 Å². The third-order valence-corrected chi connectivity index (χ3v) is 6.93. The molecule has 0 aromatic heterocycles. The third kappa shape index (κ3) is 5.09. The van der Waals surface area contributed by atoms with E-state index in [1.54, 1.807) is 7.05 Å². The van der Waals surface area contributed by atoms with Gasteiger partial charge in [-0.1, -0.05) is 36.4 Å². The zero-order valence-corrected chi connectivity index (χ0v) is 18.8. The number of halogens is 1. The lowest BCUT2D eigenvalue weighted by Gasteiger charge is -2.27. The van der Waals surface area contributed by atoms with Crippen molar-refractivity contribution in [3.05, 3.63) is 84.2 Å². The molecule has 0 saturated heterocycles. The molecule has 0 bridgehead atoms. The maximum atomic E-state index is 14.0. The second-order valence-electron chi connectivity index (χ2n) is 7.53. The second-order valence-corrected chi connectivity index (χ2v) is 9.39. The Balaban J connectivity index is 1.65. The van der Waals surface area contributed by atoms with Crippen LogP contribution in [0.3, 0.4) is 0 Å². The number of nitrogens with zero attached hydrogens (tertiary/aromatic N) is 2. The van der Waals surface area contributed by atoms with Crippen LogP contribution in [0.2, 0.25) is 0 Å². The summed E-state index contributed by atoms with van der Waals surface area (Å²) < 4.78 is 53.0. The Kier molecular flexibility index (Phi) is 6.50. The SMILES string of the molecule is CN(Cc1ccccc1)C(=O)CN(c1cccc(F)c1)S(=O)(=O)c1ccc2c(c1)OCCO2. The molecule has 0 radical (unpaired) electrons. The fourth-order valence-electron chi connectivity index (χ4n) is 3.45. The number of hydrogen-bond acceptors (Lipinski definition) is 5. The number of carbonyl (C=O) groups is 1. The van der Waals surface area contributed by atoms with Gasteiger partial charge in [0.2, 0.25) is 5.91 Å². The van der Waals surface area contributed by atoms with Crippen molar-refractivity contribution in [3.63, 3.8) is 0 Å². The van der Waals surface area contributed by atoms with Gasteiger partial charge in [0.15, 0.2) is 11.5 Å². The van der Waals surface area contributed by atoms with Crippen LogP contribution in [0.15, 0.2) is 77.7 Å². The molecule has 1 aliphatic heterocycles. The number of carbonyl (C=O) groups excluding carboxylic acids is 1. The van der Waals surface area contributed by atoms with E-state index in [0.29, 0.717) is 31.3 Å².